The molecule has 3 atom stereocenters. The number of carboxylic acids is 1. The van der Waals surface area contributed by atoms with Crippen LogP contribution in [0.1, 0.15) is 11.1 Å². The number of hydrogen-bond acceptors (Lipinski definition) is 6. The second-order valence-electron chi connectivity index (χ2n) is 8.28. The third kappa shape index (κ3) is 7.33. The third-order valence-corrected chi connectivity index (χ3v) is 5.99. The Morgan fingerprint density at radius 1 is 0.889 bits per heavy atom. The first kappa shape index (κ1) is 26.8. The first-order chi connectivity index (χ1) is 17.3. The highest BCUT2D eigenvalue weighted by atomic mass is 32.1. The van der Waals surface area contributed by atoms with Crippen LogP contribution in [0.15, 0.2) is 60.8 Å². The average Bonchev–Trinajstić information content (AvgIpc) is 3.29. The number of nitrogens with two attached hydrogens (primary N) is 1. The van der Waals surface area contributed by atoms with E-state index >= 15 is 0 Å². The molecule has 3 amide bonds. The van der Waals surface area contributed by atoms with Gasteiger partial charge < -0.3 is 31.8 Å². The van der Waals surface area contributed by atoms with Gasteiger partial charge in [0.1, 0.15) is 18.6 Å². The lowest BCUT2D eigenvalue weighted by Gasteiger charge is -2.24. The molecule has 0 aliphatic carbocycles. The molecular formula is C25H29N5O5S. The number of carbonyl (C=O) groups is 4. The minimum atomic E-state index is -1.21. The molecule has 0 saturated heterocycles. The molecule has 0 bridgehead atoms. The molecule has 1 heterocycles. The Morgan fingerprint density at radius 3 is 2.22 bits per heavy atom. The highest BCUT2D eigenvalue weighted by molar-refractivity contribution is 7.80. The van der Waals surface area contributed by atoms with Gasteiger partial charge in [-0.25, -0.2) is 0 Å². The molecule has 7 N–H and O–H groups in total. The zero-order valence-corrected chi connectivity index (χ0v) is 20.3. The van der Waals surface area contributed by atoms with Crippen molar-refractivity contribution in [3.05, 3.63) is 71.9 Å². The summed E-state index contributed by atoms with van der Waals surface area (Å²) in [5.74, 6) is -2.94. The summed E-state index contributed by atoms with van der Waals surface area (Å²) in [5.41, 5.74) is 8.19. The number of nitrogens with one attached hydrogen (secondary N) is 4. The van der Waals surface area contributed by atoms with Crippen LogP contribution in [0.2, 0.25) is 0 Å². The maximum atomic E-state index is 13.3. The molecule has 3 aromatic rings. The summed E-state index contributed by atoms with van der Waals surface area (Å²) in [7, 11) is 0. The first-order valence-corrected chi connectivity index (χ1v) is 12.0. The number of hydrogen-bond donors (Lipinski definition) is 7. The maximum Gasteiger partial charge on any atom is 0.322 e. The quantitative estimate of drug-likeness (QED) is 0.174. The van der Waals surface area contributed by atoms with Gasteiger partial charge in [-0.05, 0) is 17.2 Å². The van der Waals surface area contributed by atoms with Crippen molar-refractivity contribution in [2.75, 3.05) is 12.3 Å². The Labute approximate surface area is 213 Å². The van der Waals surface area contributed by atoms with Crippen molar-refractivity contribution in [2.45, 2.75) is 31.0 Å². The Hall–Kier alpha value is -3.83. The SMILES string of the molecule is NC(CS)C(=O)NC(Cc1ccccc1)C(=O)NC(Cc1c[nH]c2ccccc12)C(=O)NCC(=O)O. The van der Waals surface area contributed by atoms with E-state index in [9.17, 15) is 19.2 Å². The van der Waals surface area contributed by atoms with Gasteiger partial charge in [0.25, 0.3) is 0 Å². The minimum absolute atomic E-state index is 0.0896. The fraction of sp³-hybridized carbons (Fsp3) is 0.280. The fourth-order valence-electron chi connectivity index (χ4n) is 3.71. The summed E-state index contributed by atoms with van der Waals surface area (Å²) in [4.78, 5) is 52.8. The molecular weight excluding hydrogens is 482 g/mol. The van der Waals surface area contributed by atoms with Crippen molar-refractivity contribution in [2.24, 2.45) is 5.73 Å². The summed E-state index contributed by atoms with van der Waals surface area (Å²) in [6.45, 7) is -0.597. The molecule has 0 aliphatic heterocycles. The predicted molar refractivity (Wildman–Crippen MR) is 138 cm³/mol. The number of H-pyrrole nitrogens is 1. The molecule has 36 heavy (non-hydrogen) atoms. The molecule has 10 nitrogen and oxygen atoms in total. The lowest BCUT2D eigenvalue weighted by Crippen LogP contribution is -2.57. The van der Waals surface area contributed by atoms with Crippen LogP contribution >= 0.6 is 12.6 Å². The van der Waals surface area contributed by atoms with Gasteiger partial charge >= 0.3 is 5.97 Å². The van der Waals surface area contributed by atoms with Crippen LogP contribution in [-0.2, 0) is 32.0 Å². The van der Waals surface area contributed by atoms with Gasteiger partial charge in [-0.3, -0.25) is 19.2 Å². The van der Waals surface area contributed by atoms with E-state index in [0.29, 0.717) is 0 Å². The number of aromatic nitrogens is 1. The first-order valence-electron chi connectivity index (χ1n) is 11.3. The summed E-state index contributed by atoms with van der Waals surface area (Å²) < 4.78 is 0. The van der Waals surface area contributed by atoms with Crippen molar-refractivity contribution in [1.82, 2.24) is 20.9 Å². The molecule has 3 rings (SSSR count). The number of aliphatic carboxylic acids is 1. The van der Waals surface area contributed by atoms with Gasteiger partial charge in [0.05, 0.1) is 6.04 Å². The lowest BCUT2D eigenvalue weighted by molar-refractivity contribution is -0.138. The van der Waals surface area contributed by atoms with E-state index in [0.717, 1.165) is 22.0 Å². The molecule has 1 aromatic heterocycles. The largest absolute Gasteiger partial charge is 0.480 e. The Kier molecular flexibility index (Phi) is 9.48. The van der Waals surface area contributed by atoms with Gasteiger partial charge in [-0.15, -0.1) is 0 Å². The number of fused-ring (bicyclic) bond motifs is 1. The predicted octanol–water partition coefficient (Wildman–Crippen LogP) is 0.381. The number of amides is 3. The zero-order valence-electron chi connectivity index (χ0n) is 19.4. The zero-order chi connectivity index (χ0) is 26.1. The molecule has 0 radical (unpaired) electrons. The van der Waals surface area contributed by atoms with Gasteiger partial charge in [-0.1, -0.05) is 48.5 Å². The summed E-state index contributed by atoms with van der Waals surface area (Å²) in [6, 6.07) is 13.5. The smallest absolute Gasteiger partial charge is 0.322 e. The van der Waals surface area contributed by atoms with Crippen LogP contribution < -0.4 is 21.7 Å². The lowest BCUT2D eigenvalue weighted by atomic mass is 10.0. The molecule has 3 unspecified atom stereocenters. The number of rotatable bonds is 12. The maximum absolute atomic E-state index is 13.3. The van der Waals surface area contributed by atoms with Gasteiger partial charge in [0.15, 0.2) is 0 Å². The van der Waals surface area contributed by atoms with E-state index in [1.165, 1.54) is 0 Å². The molecule has 0 saturated carbocycles. The van der Waals surface area contributed by atoms with Crippen LogP contribution in [-0.4, -0.2) is 64.2 Å². The van der Waals surface area contributed by atoms with Crippen LogP contribution in [0.5, 0.6) is 0 Å². The number of thiol groups is 1. The highest BCUT2D eigenvalue weighted by Gasteiger charge is 2.29. The second kappa shape index (κ2) is 12.8. The fourth-order valence-corrected chi connectivity index (χ4v) is 3.87. The van der Waals surface area contributed by atoms with Gasteiger partial charge in [0.2, 0.25) is 17.7 Å². The van der Waals surface area contributed by atoms with Gasteiger partial charge in [0, 0.05) is 35.7 Å². The summed E-state index contributed by atoms with van der Waals surface area (Å²) >= 11 is 4.04. The third-order valence-electron chi connectivity index (χ3n) is 5.59. The molecule has 11 heteroatoms. The van der Waals surface area contributed by atoms with E-state index in [1.54, 1.807) is 6.20 Å². The molecule has 190 valence electrons. The minimum Gasteiger partial charge on any atom is -0.480 e. The van der Waals surface area contributed by atoms with E-state index in [2.05, 4.69) is 33.6 Å². The Bertz CT molecular complexity index is 1220. The number of carbonyl (C=O) groups excluding carboxylic acids is 3. The van der Waals surface area contributed by atoms with Crippen molar-refractivity contribution in [3.63, 3.8) is 0 Å². The van der Waals surface area contributed by atoms with E-state index in [-0.39, 0.29) is 18.6 Å². The molecule has 2 aromatic carbocycles. The number of benzene rings is 2. The Morgan fingerprint density at radius 2 is 1.53 bits per heavy atom. The van der Waals surface area contributed by atoms with E-state index < -0.39 is 48.4 Å². The second-order valence-corrected chi connectivity index (χ2v) is 8.64. The Balaban J connectivity index is 1.84. The topological polar surface area (TPSA) is 166 Å². The van der Waals surface area contributed by atoms with Crippen molar-refractivity contribution >= 4 is 47.2 Å². The molecule has 0 fully saturated rings. The van der Waals surface area contributed by atoms with Crippen molar-refractivity contribution < 1.29 is 24.3 Å². The average molecular weight is 512 g/mol. The van der Waals surface area contributed by atoms with Crippen LogP contribution in [0, 0.1) is 0 Å². The van der Waals surface area contributed by atoms with Gasteiger partial charge in [-0.2, -0.15) is 12.6 Å². The molecule has 0 spiro atoms. The van der Waals surface area contributed by atoms with Crippen LogP contribution in [0.4, 0.5) is 0 Å². The number of aromatic amines is 1. The summed E-state index contributed by atoms with van der Waals surface area (Å²) in [5, 5.41) is 17.5. The highest BCUT2D eigenvalue weighted by Crippen LogP contribution is 2.19. The number of para-hydroxylation sites is 1. The standard InChI is InChI=1S/C25H29N5O5S/c26-18(14-36)23(33)29-20(10-15-6-2-1-3-7-15)25(35)30-21(24(34)28-13-22(31)32)11-16-12-27-19-9-5-4-8-17(16)19/h1-9,12,18,20-21,27,36H,10-11,13-14,26H2,(H,28,34)(H,29,33)(H,30,35)(H,31,32). The van der Waals surface area contributed by atoms with Crippen LogP contribution in [0.25, 0.3) is 10.9 Å². The van der Waals surface area contributed by atoms with Crippen LogP contribution in [0.3, 0.4) is 0 Å². The van der Waals surface area contributed by atoms with Crippen molar-refractivity contribution in [3.8, 4) is 0 Å². The normalized spacial score (nSPS) is 13.4. The summed E-state index contributed by atoms with van der Waals surface area (Å²) in [6.07, 6.45) is 2.00. The molecule has 0 aliphatic rings. The van der Waals surface area contributed by atoms with E-state index in [1.807, 2.05) is 54.6 Å². The monoisotopic (exact) mass is 511 g/mol. The number of carboxylic acid groups (broad SMARTS) is 1. The van der Waals surface area contributed by atoms with E-state index in [4.69, 9.17) is 10.8 Å². The van der Waals surface area contributed by atoms with Crippen molar-refractivity contribution in [1.29, 1.82) is 0 Å².